The summed E-state index contributed by atoms with van der Waals surface area (Å²) in [5.74, 6) is 0. The molecule has 92 valence electrons. The third kappa shape index (κ3) is 10.3. The number of aliphatic hydroxyl groups excluding tert-OH is 1. The van der Waals surface area contributed by atoms with E-state index in [4.69, 9.17) is 14.9 Å². The van der Waals surface area contributed by atoms with Crippen LogP contribution in [0.4, 0.5) is 0 Å². The Labute approximate surface area is 90.1 Å². The van der Waals surface area contributed by atoms with Crippen molar-refractivity contribution >= 4 is 7.82 Å². The summed E-state index contributed by atoms with van der Waals surface area (Å²) in [7, 11) is -4.31. The van der Waals surface area contributed by atoms with E-state index in [1.54, 1.807) is 0 Å². The van der Waals surface area contributed by atoms with Gasteiger partial charge in [-0.1, -0.05) is 6.92 Å². The van der Waals surface area contributed by atoms with Crippen LogP contribution in [0.1, 0.15) is 19.8 Å². The van der Waals surface area contributed by atoms with Gasteiger partial charge in [0.15, 0.2) is 0 Å². The summed E-state index contributed by atoms with van der Waals surface area (Å²) in [5.41, 5.74) is 0. The third-order valence-electron chi connectivity index (χ3n) is 1.96. The van der Waals surface area contributed by atoms with Gasteiger partial charge >= 0.3 is 7.82 Å². The summed E-state index contributed by atoms with van der Waals surface area (Å²) in [6.07, 6.45) is 1.29. The lowest BCUT2D eigenvalue weighted by atomic mass is 10.3. The Bertz CT molecular complexity index is 195. The van der Waals surface area contributed by atoms with Crippen molar-refractivity contribution in [2.45, 2.75) is 19.8 Å². The van der Waals surface area contributed by atoms with Gasteiger partial charge in [0.1, 0.15) is 0 Å². The molecule has 0 aromatic heterocycles. The normalized spacial score (nSPS) is 12.3. The van der Waals surface area contributed by atoms with E-state index in [1.165, 1.54) is 0 Å². The van der Waals surface area contributed by atoms with Gasteiger partial charge in [-0.2, -0.15) is 0 Å². The van der Waals surface area contributed by atoms with Crippen LogP contribution in [0.5, 0.6) is 0 Å². The minimum atomic E-state index is -4.31. The Hall–Kier alpha value is 0.0300. The summed E-state index contributed by atoms with van der Waals surface area (Å²) in [4.78, 5) is 18.9. The van der Waals surface area contributed by atoms with Crippen LogP contribution in [0, 0.1) is 0 Å². The molecule has 0 aliphatic carbocycles. The van der Waals surface area contributed by atoms with Gasteiger partial charge < -0.3 is 19.8 Å². The number of phosphoric ester groups is 1. The molecule has 0 rings (SSSR count). The average Bonchev–Trinajstić information content (AvgIpc) is 2.15. The highest BCUT2D eigenvalue weighted by atomic mass is 31.2. The van der Waals surface area contributed by atoms with Gasteiger partial charge in [-0.05, 0) is 19.4 Å². The molecule has 0 saturated heterocycles. The summed E-state index contributed by atoms with van der Waals surface area (Å²) < 4.78 is 14.7. The first-order chi connectivity index (χ1) is 6.99. The zero-order chi connectivity index (χ0) is 11.7. The summed E-state index contributed by atoms with van der Waals surface area (Å²) in [6.45, 7) is 4.59. The Balaban J connectivity index is 3.50. The minimum Gasteiger partial charge on any atom is -0.396 e. The van der Waals surface area contributed by atoms with Crippen LogP contribution in [0.3, 0.4) is 0 Å². The Kier molecular flexibility index (Phi) is 8.23. The Morgan fingerprint density at radius 1 is 1.27 bits per heavy atom. The van der Waals surface area contributed by atoms with Gasteiger partial charge in [0.25, 0.3) is 0 Å². The molecule has 0 aliphatic heterocycles. The van der Waals surface area contributed by atoms with Crippen LogP contribution in [0.2, 0.25) is 0 Å². The number of hydrogen-bond acceptors (Lipinski definition) is 4. The highest BCUT2D eigenvalue weighted by molar-refractivity contribution is 7.46. The number of phosphoric acid groups is 1. The molecular formula is C8H20NO5P. The van der Waals surface area contributed by atoms with Gasteiger partial charge in [-0.25, -0.2) is 4.57 Å². The van der Waals surface area contributed by atoms with E-state index in [2.05, 4.69) is 9.42 Å². The first-order valence-electron chi connectivity index (χ1n) is 5.03. The van der Waals surface area contributed by atoms with Gasteiger partial charge in [0, 0.05) is 19.7 Å². The average molecular weight is 241 g/mol. The topological polar surface area (TPSA) is 90.2 Å². The van der Waals surface area contributed by atoms with Crippen molar-refractivity contribution in [3.8, 4) is 0 Å². The molecule has 0 fully saturated rings. The maximum absolute atomic E-state index is 10.3. The van der Waals surface area contributed by atoms with Crippen molar-refractivity contribution in [3.63, 3.8) is 0 Å². The van der Waals surface area contributed by atoms with Crippen molar-refractivity contribution in [3.05, 3.63) is 0 Å². The molecule has 0 aliphatic rings. The quantitative estimate of drug-likeness (QED) is 0.394. The molecule has 0 unspecified atom stereocenters. The molecule has 0 radical (unpaired) electrons. The molecule has 0 aromatic carbocycles. The Morgan fingerprint density at radius 2 is 1.87 bits per heavy atom. The Morgan fingerprint density at radius 3 is 2.33 bits per heavy atom. The maximum atomic E-state index is 10.3. The van der Waals surface area contributed by atoms with Crippen LogP contribution in [-0.2, 0) is 9.09 Å². The molecule has 3 N–H and O–H groups in total. The second-order valence-electron chi connectivity index (χ2n) is 3.19. The van der Waals surface area contributed by atoms with Crippen molar-refractivity contribution in [2.24, 2.45) is 0 Å². The fourth-order valence-electron chi connectivity index (χ4n) is 1.19. The largest absolute Gasteiger partial charge is 0.469 e. The lowest BCUT2D eigenvalue weighted by Crippen LogP contribution is -2.27. The zero-order valence-corrected chi connectivity index (χ0v) is 9.90. The molecule has 0 heterocycles. The van der Waals surface area contributed by atoms with Gasteiger partial charge in [-0.15, -0.1) is 0 Å². The highest BCUT2D eigenvalue weighted by Crippen LogP contribution is 2.35. The molecule has 7 heteroatoms. The lowest BCUT2D eigenvalue weighted by molar-refractivity contribution is 0.176. The number of hydrogen-bond donors (Lipinski definition) is 3. The van der Waals surface area contributed by atoms with E-state index in [9.17, 15) is 4.57 Å². The molecular weight excluding hydrogens is 221 g/mol. The molecule has 15 heavy (non-hydrogen) atoms. The number of nitrogens with zero attached hydrogens (tertiary/aromatic N) is 1. The smallest absolute Gasteiger partial charge is 0.396 e. The fraction of sp³-hybridized carbons (Fsp3) is 1.00. The van der Waals surface area contributed by atoms with Gasteiger partial charge in [0.2, 0.25) is 0 Å². The van der Waals surface area contributed by atoms with Crippen molar-refractivity contribution in [2.75, 3.05) is 32.8 Å². The van der Waals surface area contributed by atoms with E-state index in [0.29, 0.717) is 12.8 Å². The molecule has 0 saturated carbocycles. The van der Waals surface area contributed by atoms with Crippen LogP contribution in [0.25, 0.3) is 0 Å². The van der Waals surface area contributed by atoms with E-state index >= 15 is 0 Å². The summed E-state index contributed by atoms with van der Waals surface area (Å²) in [6, 6.07) is 0. The molecule has 6 nitrogen and oxygen atoms in total. The van der Waals surface area contributed by atoms with E-state index in [1.807, 2.05) is 6.92 Å². The van der Waals surface area contributed by atoms with Crippen LogP contribution in [0.15, 0.2) is 0 Å². The SMILES string of the molecule is CCN(CCCO)CCCOP(=O)(O)O. The van der Waals surface area contributed by atoms with Crippen LogP contribution < -0.4 is 0 Å². The fourth-order valence-corrected chi connectivity index (χ4v) is 1.56. The summed E-state index contributed by atoms with van der Waals surface area (Å²) >= 11 is 0. The molecule has 0 spiro atoms. The number of rotatable bonds is 9. The summed E-state index contributed by atoms with van der Waals surface area (Å²) in [5, 5.41) is 8.63. The minimum absolute atomic E-state index is 0.0555. The first kappa shape index (κ1) is 15.0. The standard InChI is InChI=1S/C8H20NO5P/c1-2-9(5-3-7-10)6-4-8-14-15(11,12)13/h10H,2-8H2,1H3,(H2,11,12,13). The second-order valence-corrected chi connectivity index (χ2v) is 4.43. The maximum Gasteiger partial charge on any atom is 0.469 e. The lowest BCUT2D eigenvalue weighted by Gasteiger charge is -2.19. The molecule has 0 atom stereocenters. The molecule has 0 aromatic rings. The van der Waals surface area contributed by atoms with Crippen molar-refractivity contribution < 1.29 is 24.0 Å². The molecule has 0 bridgehead atoms. The zero-order valence-electron chi connectivity index (χ0n) is 9.00. The predicted molar refractivity (Wildman–Crippen MR) is 56.4 cm³/mol. The highest BCUT2D eigenvalue weighted by Gasteiger charge is 2.12. The predicted octanol–water partition coefficient (Wildman–Crippen LogP) is 0.190. The van der Waals surface area contributed by atoms with E-state index < -0.39 is 7.82 Å². The van der Waals surface area contributed by atoms with E-state index in [-0.39, 0.29) is 13.2 Å². The first-order valence-corrected chi connectivity index (χ1v) is 6.56. The monoisotopic (exact) mass is 241 g/mol. The van der Waals surface area contributed by atoms with Crippen molar-refractivity contribution in [1.82, 2.24) is 4.90 Å². The number of aliphatic hydroxyl groups is 1. The van der Waals surface area contributed by atoms with Crippen molar-refractivity contribution in [1.29, 1.82) is 0 Å². The van der Waals surface area contributed by atoms with Gasteiger partial charge in [-0.3, -0.25) is 4.52 Å². The second kappa shape index (κ2) is 8.21. The van der Waals surface area contributed by atoms with Gasteiger partial charge in [0.05, 0.1) is 6.61 Å². The van der Waals surface area contributed by atoms with E-state index in [0.717, 1.165) is 19.6 Å². The third-order valence-corrected chi connectivity index (χ3v) is 2.48. The van der Waals surface area contributed by atoms with Crippen LogP contribution >= 0.6 is 7.82 Å². The van der Waals surface area contributed by atoms with Crippen LogP contribution in [-0.4, -0.2) is 52.6 Å². The molecule has 0 amide bonds.